The van der Waals surface area contributed by atoms with Gasteiger partial charge in [-0.15, -0.1) is 0 Å². The van der Waals surface area contributed by atoms with Crippen LogP contribution < -0.4 is 4.90 Å². The van der Waals surface area contributed by atoms with Crippen molar-refractivity contribution in [1.29, 1.82) is 0 Å². The van der Waals surface area contributed by atoms with Crippen LogP contribution in [0.5, 0.6) is 0 Å². The lowest BCUT2D eigenvalue weighted by atomic mass is 10.2. The zero-order chi connectivity index (χ0) is 12.3. The molecule has 1 aliphatic rings. The van der Waals surface area contributed by atoms with Crippen molar-refractivity contribution in [1.82, 2.24) is 14.9 Å². The van der Waals surface area contributed by atoms with Gasteiger partial charge < -0.3 is 9.80 Å². The highest BCUT2D eigenvalue weighted by Crippen LogP contribution is 2.25. The Morgan fingerprint density at radius 1 is 1.35 bits per heavy atom. The van der Waals surface area contributed by atoms with Crippen LogP contribution in [0, 0.1) is 0 Å². The Bertz CT molecular complexity index is 371. The van der Waals surface area contributed by atoms with Gasteiger partial charge in [-0.05, 0) is 26.4 Å². The fourth-order valence-electron chi connectivity index (χ4n) is 2.38. The number of aromatic nitrogens is 2. The molecule has 1 aliphatic heterocycles. The molecule has 1 saturated heterocycles. The van der Waals surface area contributed by atoms with Gasteiger partial charge in [0.2, 0.25) is 0 Å². The predicted molar refractivity (Wildman–Crippen MR) is 70.6 cm³/mol. The van der Waals surface area contributed by atoms with Crippen molar-refractivity contribution >= 4 is 17.4 Å². The lowest BCUT2D eigenvalue weighted by molar-refractivity contribution is 0.327. The van der Waals surface area contributed by atoms with Crippen LogP contribution in [0.25, 0.3) is 0 Å². The van der Waals surface area contributed by atoms with Gasteiger partial charge in [0.25, 0.3) is 0 Å². The Morgan fingerprint density at radius 2 is 2.12 bits per heavy atom. The van der Waals surface area contributed by atoms with Gasteiger partial charge >= 0.3 is 0 Å². The van der Waals surface area contributed by atoms with Crippen LogP contribution in [0.4, 0.5) is 5.82 Å². The van der Waals surface area contributed by atoms with Gasteiger partial charge in [0.05, 0.1) is 0 Å². The average Bonchev–Trinajstić information content (AvgIpc) is 2.51. The number of hydrogen-bond donors (Lipinski definition) is 0. The number of rotatable bonds is 2. The maximum Gasteiger partial charge on any atom is 0.171 e. The number of likely N-dealkylation sites (N-methyl/N-ethyl adjacent to an activating group) is 1. The topological polar surface area (TPSA) is 32.3 Å². The monoisotopic (exact) mass is 254 g/mol. The van der Waals surface area contributed by atoms with Crippen molar-refractivity contribution in [2.75, 3.05) is 31.6 Å². The molecule has 1 atom stereocenters. The van der Waals surface area contributed by atoms with E-state index in [9.17, 15) is 0 Å². The molecule has 0 aliphatic carbocycles. The molecule has 1 unspecified atom stereocenters. The van der Waals surface area contributed by atoms with Crippen LogP contribution in [-0.2, 0) is 0 Å². The van der Waals surface area contributed by atoms with Crippen molar-refractivity contribution in [3.8, 4) is 0 Å². The first-order chi connectivity index (χ1) is 8.22. The van der Waals surface area contributed by atoms with Crippen LogP contribution in [-0.4, -0.2) is 47.6 Å². The second kappa shape index (κ2) is 5.65. The Kier molecular flexibility index (Phi) is 4.18. The summed E-state index contributed by atoms with van der Waals surface area (Å²) in [6.45, 7) is 5.40. The summed E-state index contributed by atoms with van der Waals surface area (Å²) in [6.07, 6.45) is 5.58. The van der Waals surface area contributed by atoms with Crippen molar-refractivity contribution in [2.45, 2.75) is 25.8 Å². The van der Waals surface area contributed by atoms with Gasteiger partial charge in [0, 0.05) is 31.5 Å². The normalized spacial score (nSPS) is 22.5. The number of hydrogen-bond acceptors (Lipinski definition) is 4. The number of halogens is 1. The lowest BCUT2D eigenvalue weighted by Gasteiger charge is -2.31. The van der Waals surface area contributed by atoms with E-state index in [0.29, 0.717) is 11.2 Å². The molecule has 2 rings (SSSR count). The molecule has 94 valence electrons. The molecule has 0 saturated carbocycles. The highest BCUT2D eigenvalue weighted by molar-refractivity contribution is 6.31. The molecule has 0 radical (unpaired) electrons. The standard InChI is InChI=1S/C12H19ClN4/c1-3-10-9-16(2)7-4-8-17(10)12-11(13)14-5-6-15-12/h5-6,10H,3-4,7-9H2,1-2H3. The Labute approximate surface area is 108 Å². The molecule has 1 aromatic rings. The Morgan fingerprint density at radius 3 is 2.82 bits per heavy atom. The van der Waals surface area contributed by atoms with E-state index in [4.69, 9.17) is 11.6 Å². The van der Waals surface area contributed by atoms with Crippen molar-refractivity contribution in [3.63, 3.8) is 0 Å². The van der Waals surface area contributed by atoms with Crippen molar-refractivity contribution in [2.24, 2.45) is 0 Å². The number of anilines is 1. The van der Waals surface area contributed by atoms with E-state index in [1.165, 1.54) is 0 Å². The minimum Gasteiger partial charge on any atom is -0.350 e. The van der Waals surface area contributed by atoms with E-state index >= 15 is 0 Å². The summed E-state index contributed by atoms with van der Waals surface area (Å²) in [6, 6.07) is 0.469. The van der Waals surface area contributed by atoms with Crippen LogP contribution in [0.3, 0.4) is 0 Å². The molecular formula is C12H19ClN4. The van der Waals surface area contributed by atoms with E-state index in [1.807, 2.05) is 0 Å². The first-order valence-corrected chi connectivity index (χ1v) is 6.52. The molecule has 5 heteroatoms. The first kappa shape index (κ1) is 12.6. The SMILES string of the molecule is CCC1CN(C)CCCN1c1nccnc1Cl. The molecular weight excluding hydrogens is 236 g/mol. The maximum atomic E-state index is 6.14. The summed E-state index contributed by atoms with van der Waals surface area (Å²) >= 11 is 6.14. The molecule has 0 bridgehead atoms. The highest BCUT2D eigenvalue weighted by Gasteiger charge is 2.24. The van der Waals surface area contributed by atoms with Crippen LogP contribution in [0.2, 0.25) is 5.15 Å². The molecule has 17 heavy (non-hydrogen) atoms. The zero-order valence-electron chi connectivity index (χ0n) is 10.4. The molecule has 0 spiro atoms. The van der Waals surface area contributed by atoms with E-state index in [0.717, 1.165) is 38.3 Å². The van der Waals surface area contributed by atoms with Crippen LogP contribution in [0.1, 0.15) is 19.8 Å². The first-order valence-electron chi connectivity index (χ1n) is 6.14. The lowest BCUT2D eigenvalue weighted by Crippen LogP contribution is -2.40. The quantitative estimate of drug-likeness (QED) is 0.809. The number of nitrogens with zero attached hydrogens (tertiary/aromatic N) is 4. The van der Waals surface area contributed by atoms with E-state index in [1.54, 1.807) is 12.4 Å². The minimum atomic E-state index is 0.469. The van der Waals surface area contributed by atoms with Crippen LogP contribution >= 0.6 is 11.6 Å². The third-order valence-electron chi connectivity index (χ3n) is 3.28. The summed E-state index contributed by atoms with van der Waals surface area (Å²) in [5, 5.41) is 0.510. The average molecular weight is 255 g/mol. The van der Waals surface area contributed by atoms with Gasteiger partial charge in [-0.1, -0.05) is 18.5 Å². The smallest absolute Gasteiger partial charge is 0.171 e. The van der Waals surface area contributed by atoms with Gasteiger partial charge in [0.15, 0.2) is 11.0 Å². The second-order valence-corrected chi connectivity index (χ2v) is 4.90. The van der Waals surface area contributed by atoms with Gasteiger partial charge in [0.1, 0.15) is 0 Å². The molecule has 1 aromatic heterocycles. The molecule has 0 N–H and O–H groups in total. The molecule has 2 heterocycles. The molecule has 1 fully saturated rings. The molecule has 4 nitrogen and oxygen atoms in total. The minimum absolute atomic E-state index is 0.469. The third kappa shape index (κ3) is 2.87. The summed E-state index contributed by atoms with van der Waals surface area (Å²) < 4.78 is 0. The fraction of sp³-hybridized carbons (Fsp3) is 0.667. The van der Waals surface area contributed by atoms with Crippen molar-refractivity contribution < 1.29 is 0 Å². The Balaban J connectivity index is 2.25. The summed E-state index contributed by atoms with van der Waals surface area (Å²) in [4.78, 5) is 13.2. The van der Waals surface area contributed by atoms with Gasteiger partial charge in [-0.2, -0.15) is 0 Å². The third-order valence-corrected chi connectivity index (χ3v) is 3.55. The largest absolute Gasteiger partial charge is 0.350 e. The summed E-state index contributed by atoms with van der Waals surface area (Å²) in [5.74, 6) is 0.830. The second-order valence-electron chi connectivity index (χ2n) is 4.54. The Hall–Kier alpha value is -0.870. The van der Waals surface area contributed by atoms with Gasteiger partial charge in [-0.3, -0.25) is 0 Å². The van der Waals surface area contributed by atoms with Crippen LogP contribution in [0.15, 0.2) is 12.4 Å². The van der Waals surface area contributed by atoms with Gasteiger partial charge in [-0.25, -0.2) is 9.97 Å². The predicted octanol–water partition coefficient (Wildman–Crippen LogP) is 2.05. The molecule has 0 aromatic carbocycles. The fourth-order valence-corrected chi connectivity index (χ4v) is 2.59. The summed E-state index contributed by atoms with van der Waals surface area (Å²) in [5.41, 5.74) is 0. The van der Waals surface area contributed by atoms with E-state index in [2.05, 4.69) is 33.7 Å². The summed E-state index contributed by atoms with van der Waals surface area (Å²) in [7, 11) is 2.17. The highest BCUT2D eigenvalue weighted by atomic mass is 35.5. The van der Waals surface area contributed by atoms with E-state index in [-0.39, 0.29) is 0 Å². The van der Waals surface area contributed by atoms with Crippen molar-refractivity contribution in [3.05, 3.63) is 17.5 Å². The molecule has 0 amide bonds. The maximum absolute atomic E-state index is 6.14. The zero-order valence-corrected chi connectivity index (χ0v) is 11.2. The van der Waals surface area contributed by atoms with E-state index < -0.39 is 0 Å².